The van der Waals surface area contributed by atoms with Gasteiger partial charge in [0.25, 0.3) is 5.89 Å². The van der Waals surface area contributed by atoms with Gasteiger partial charge in [-0.3, -0.25) is 0 Å². The third-order valence-corrected chi connectivity index (χ3v) is 2.28. The van der Waals surface area contributed by atoms with Crippen molar-refractivity contribution in [2.45, 2.75) is 32.3 Å². The molecule has 0 amide bonds. The first-order valence-corrected chi connectivity index (χ1v) is 4.79. The number of nitrogens with zero attached hydrogens (tertiary/aromatic N) is 2. The summed E-state index contributed by atoms with van der Waals surface area (Å²) in [6.07, 6.45) is 0.694. The topological polar surface area (TPSA) is 74.2 Å². The zero-order valence-electron chi connectivity index (χ0n) is 8.86. The van der Waals surface area contributed by atoms with Crippen molar-refractivity contribution in [2.24, 2.45) is 5.73 Å². The minimum absolute atomic E-state index is 0.291. The predicted octanol–water partition coefficient (Wildman–Crippen LogP) is 1.23. The molecule has 2 unspecified atom stereocenters. The second kappa shape index (κ2) is 5.07. The van der Waals surface area contributed by atoms with Crippen LogP contribution in [0, 0.1) is 0 Å². The molecule has 0 bridgehead atoms. The van der Waals surface area contributed by atoms with Gasteiger partial charge in [-0.2, -0.15) is 4.98 Å². The Morgan fingerprint density at radius 1 is 1.57 bits per heavy atom. The van der Waals surface area contributed by atoms with Gasteiger partial charge in [0.05, 0.1) is 0 Å². The zero-order valence-corrected chi connectivity index (χ0v) is 8.86. The molecule has 1 aromatic rings. The van der Waals surface area contributed by atoms with Gasteiger partial charge < -0.3 is 15.0 Å². The summed E-state index contributed by atoms with van der Waals surface area (Å²) in [5.41, 5.74) is 5.48. The Bertz CT molecular complexity index is 271. The third kappa shape index (κ3) is 2.30. The number of methoxy groups -OCH3 is 1. The van der Waals surface area contributed by atoms with E-state index >= 15 is 0 Å². The van der Waals surface area contributed by atoms with Crippen molar-refractivity contribution in [2.75, 3.05) is 13.7 Å². The van der Waals surface area contributed by atoms with Crippen molar-refractivity contribution in [1.82, 2.24) is 10.1 Å². The number of rotatable bonds is 5. The summed E-state index contributed by atoms with van der Waals surface area (Å²) < 4.78 is 10.2. The van der Waals surface area contributed by atoms with Gasteiger partial charge in [0.15, 0.2) is 5.82 Å². The monoisotopic (exact) mass is 199 g/mol. The molecule has 0 aromatic carbocycles. The Balaban J connectivity index is 2.76. The molecule has 1 aromatic heterocycles. The van der Waals surface area contributed by atoms with Crippen molar-refractivity contribution in [3.63, 3.8) is 0 Å². The van der Waals surface area contributed by atoms with E-state index in [-0.39, 0.29) is 6.10 Å². The molecule has 1 heterocycles. The first kappa shape index (κ1) is 11.1. The summed E-state index contributed by atoms with van der Waals surface area (Å²) >= 11 is 0. The second-order valence-corrected chi connectivity index (χ2v) is 3.26. The maximum atomic E-state index is 5.48. The van der Waals surface area contributed by atoms with E-state index in [4.69, 9.17) is 15.0 Å². The largest absolute Gasteiger partial charge is 0.370 e. The average Bonchev–Trinajstić information content (AvgIpc) is 2.68. The molecular formula is C9H17N3O2. The molecule has 2 N–H and O–H groups in total. The summed E-state index contributed by atoms with van der Waals surface area (Å²) in [6.45, 7) is 4.48. The number of nitrogens with two attached hydrogens (primary N) is 1. The molecule has 0 fully saturated rings. The van der Waals surface area contributed by atoms with E-state index in [1.165, 1.54) is 0 Å². The minimum atomic E-state index is -0.291. The molecule has 14 heavy (non-hydrogen) atoms. The van der Waals surface area contributed by atoms with Crippen LogP contribution in [0.2, 0.25) is 0 Å². The van der Waals surface area contributed by atoms with Gasteiger partial charge in [-0.25, -0.2) is 0 Å². The van der Waals surface area contributed by atoms with Gasteiger partial charge in [-0.1, -0.05) is 19.0 Å². The Kier molecular flexibility index (Phi) is 4.03. The third-order valence-electron chi connectivity index (χ3n) is 2.28. The van der Waals surface area contributed by atoms with E-state index < -0.39 is 0 Å². The molecule has 0 aliphatic carbocycles. The minimum Gasteiger partial charge on any atom is -0.370 e. The molecule has 0 spiro atoms. The highest BCUT2D eigenvalue weighted by Crippen LogP contribution is 2.18. The summed E-state index contributed by atoms with van der Waals surface area (Å²) in [5, 5.41) is 3.88. The Morgan fingerprint density at radius 2 is 2.29 bits per heavy atom. The van der Waals surface area contributed by atoms with Crippen LogP contribution in [0.4, 0.5) is 0 Å². The fraction of sp³-hybridized carbons (Fsp3) is 0.778. The predicted molar refractivity (Wildman–Crippen MR) is 51.8 cm³/mol. The van der Waals surface area contributed by atoms with Crippen molar-refractivity contribution in [3.8, 4) is 0 Å². The molecule has 1 rings (SSSR count). The van der Waals surface area contributed by atoms with Crippen LogP contribution in [0.3, 0.4) is 0 Å². The lowest BCUT2D eigenvalue weighted by atomic mass is 10.1. The molecule has 0 saturated heterocycles. The first-order chi connectivity index (χ1) is 6.72. The number of hydrogen-bond donors (Lipinski definition) is 1. The highest BCUT2D eigenvalue weighted by atomic mass is 16.5. The lowest BCUT2D eigenvalue weighted by Crippen LogP contribution is -2.14. The van der Waals surface area contributed by atoms with Crippen LogP contribution in [-0.4, -0.2) is 23.8 Å². The fourth-order valence-corrected chi connectivity index (χ4v) is 1.06. The second-order valence-electron chi connectivity index (χ2n) is 3.26. The number of hydrogen-bond acceptors (Lipinski definition) is 5. The van der Waals surface area contributed by atoms with Crippen LogP contribution in [0.1, 0.15) is 44.0 Å². The van der Waals surface area contributed by atoms with Crippen molar-refractivity contribution in [3.05, 3.63) is 11.7 Å². The van der Waals surface area contributed by atoms with Gasteiger partial charge in [0.1, 0.15) is 6.10 Å². The van der Waals surface area contributed by atoms with Crippen LogP contribution in [0.5, 0.6) is 0 Å². The van der Waals surface area contributed by atoms with Gasteiger partial charge in [0, 0.05) is 19.6 Å². The Morgan fingerprint density at radius 3 is 2.79 bits per heavy atom. The van der Waals surface area contributed by atoms with Crippen LogP contribution in [0.25, 0.3) is 0 Å². The summed E-state index contributed by atoms with van der Waals surface area (Å²) in [6, 6.07) is 0. The van der Waals surface area contributed by atoms with E-state index in [0.717, 1.165) is 12.2 Å². The molecule has 5 heteroatoms. The lowest BCUT2D eigenvalue weighted by Gasteiger charge is -2.06. The van der Waals surface area contributed by atoms with Gasteiger partial charge in [-0.15, -0.1) is 0 Å². The van der Waals surface area contributed by atoms with Crippen LogP contribution >= 0.6 is 0 Å². The normalized spacial score (nSPS) is 15.4. The maximum absolute atomic E-state index is 5.48. The average molecular weight is 199 g/mol. The summed E-state index contributed by atoms with van der Waals surface area (Å²) in [4.78, 5) is 4.24. The van der Waals surface area contributed by atoms with Crippen molar-refractivity contribution >= 4 is 0 Å². The van der Waals surface area contributed by atoms with E-state index in [2.05, 4.69) is 24.0 Å². The van der Waals surface area contributed by atoms with E-state index in [1.807, 2.05) is 0 Å². The quantitative estimate of drug-likeness (QED) is 0.772. The molecule has 5 nitrogen and oxygen atoms in total. The van der Waals surface area contributed by atoms with Crippen LogP contribution < -0.4 is 5.73 Å². The first-order valence-electron chi connectivity index (χ1n) is 4.79. The van der Waals surface area contributed by atoms with Crippen LogP contribution in [0.15, 0.2) is 4.52 Å². The molecule has 2 atom stereocenters. The summed E-state index contributed by atoms with van der Waals surface area (Å²) in [7, 11) is 1.57. The SMILES string of the molecule is CCC(C)c1noc(C(CN)OC)n1. The number of ether oxygens (including phenoxy) is 1. The number of aromatic nitrogens is 2. The van der Waals surface area contributed by atoms with Gasteiger partial charge >= 0.3 is 0 Å². The molecule has 0 aliphatic heterocycles. The van der Waals surface area contributed by atoms with E-state index in [9.17, 15) is 0 Å². The fourth-order valence-electron chi connectivity index (χ4n) is 1.06. The molecule has 0 saturated carbocycles. The van der Waals surface area contributed by atoms with Gasteiger partial charge in [-0.05, 0) is 6.42 Å². The Hall–Kier alpha value is -0.940. The standard InChI is InChI=1S/C9H17N3O2/c1-4-6(2)8-11-9(14-12-8)7(5-10)13-3/h6-7H,4-5,10H2,1-3H3. The lowest BCUT2D eigenvalue weighted by molar-refractivity contribution is 0.0804. The molecule has 0 aliphatic rings. The maximum Gasteiger partial charge on any atom is 0.257 e. The highest BCUT2D eigenvalue weighted by molar-refractivity contribution is 4.95. The van der Waals surface area contributed by atoms with Crippen molar-refractivity contribution in [1.29, 1.82) is 0 Å². The summed E-state index contributed by atoms with van der Waals surface area (Å²) in [5.74, 6) is 1.49. The van der Waals surface area contributed by atoms with Gasteiger partial charge in [0.2, 0.25) is 0 Å². The zero-order chi connectivity index (χ0) is 10.6. The highest BCUT2D eigenvalue weighted by Gasteiger charge is 2.18. The smallest absolute Gasteiger partial charge is 0.257 e. The van der Waals surface area contributed by atoms with Crippen LogP contribution in [-0.2, 0) is 4.74 Å². The van der Waals surface area contributed by atoms with E-state index in [0.29, 0.717) is 18.4 Å². The Labute approximate surface area is 83.6 Å². The molecule has 0 radical (unpaired) electrons. The van der Waals surface area contributed by atoms with Crippen molar-refractivity contribution < 1.29 is 9.26 Å². The molecular weight excluding hydrogens is 182 g/mol. The molecule has 80 valence electrons. The van der Waals surface area contributed by atoms with E-state index in [1.54, 1.807) is 7.11 Å².